The molecule has 0 aromatic carbocycles. The fourth-order valence-corrected chi connectivity index (χ4v) is 3.61. The van der Waals surface area contributed by atoms with E-state index in [0.29, 0.717) is 23.2 Å². The Morgan fingerprint density at radius 3 is 2.55 bits per heavy atom. The summed E-state index contributed by atoms with van der Waals surface area (Å²) in [5, 5.41) is 16.3. The first-order valence-corrected chi connectivity index (χ1v) is 10.2. The maximum atomic E-state index is 6.19. The molecule has 0 radical (unpaired) electrons. The third-order valence-electron chi connectivity index (χ3n) is 6.01. The van der Waals surface area contributed by atoms with E-state index < -0.39 is 0 Å². The molecule has 0 bridgehead atoms. The summed E-state index contributed by atoms with van der Waals surface area (Å²) >= 11 is 0. The van der Waals surface area contributed by atoms with Crippen LogP contribution >= 0.6 is 0 Å². The third kappa shape index (κ3) is 3.79. The second-order valence-electron chi connectivity index (χ2n) is 8.09. The summed E-state index contributed by atoms with van der Waals surface area (Å²) in [6.07, 6.45) is 5.20. The average Bonchev–Trinajstić information content (AvgIpc) is 3.18. The molecule has 4 N–H and O–H groups in total. The van der Waals surface area contributed by atoms with Crippen molar-refractivity contribution in [3.8, 4) is 11.4 Å². The summed E-state index contributed by atoms with van der Waals surface area (Å²) in [5.41, 5.74) is 8.67. The van der Waals surface area contributed by atoms with E-state index in [0.717, 1.165) is 27.8 Å². The molecule has 4 aromatic rings. The number of nitrogens with one attached hydrogen (secondary N) is 2. The van der Waals surface area contributed by atoms with Gasteiger partial charge in [0.2, 0.25) is 0 Å². The number of anilines is 3. The Morgan fingerprint density at radius 1 is 1.10 bits per heavy atom. The molecule has 4 aromatic heterocycles. The fourth-order valence-electron chi connectivity index (χ4n) is 3.61. The van der Waals surface area contributed by atoms with Crippen molar-refractivity contribution in [3.63, 3.8) is 0 Å². The topological polar surface area (TPSA) is 119 Å². The number of nitrogens with two attached hydrogens (primary N) is 1. The second kappa shape index (κ2) is 7.92. The van der Waals surface area contributed by atoms with Crippen LogP contribution in [0.5, 0.6) is 0 Å². The lowest BCUT2D eigenvalue weighted by Crippen LogP contribution is -2.41. The molecule has 9 heteroatoms. The second-order valence-corrected chi connectivity index (χ2v) is 8.09. The molecule has 4 heterocycles. The number of pyridine rings is 3. The molecule has 4 rings (SSSR count). The first kappa shape index (κ1) is 20.7. The lowest BCUT2D eigenvalue weighted by Gasteiger charge is -2.34. The number of fused-ring (bicyclic) bond motifs is 1. The molecular formula is C22H27N9. The van der Waals surface area contributed by atoms with Gasteiger partial charge in [0.05, 0.1) is 11.9 Å². The fraction of sp³-hybridized carbons (Fsp3) is 0.318. The van der Waals surface area contributed by atoms with Crippen LogP contribution < -0.4 is 16.4 Å². The van der Waals surface area contributed by atoms with Crippen LogP contribution in [-0.4, -0.2) is 37.0 Å². The van der Waals surface area contributed by atoms with Crippen molar-refractivity contribution < 1.29 is 0 Å². The largest absolute Gasteiger partial charge is 0.383 e. The van der Waals surface area contributed by atoms with Gasteiger partial charge in [-0.2, -0.15) is 0 Å². The van der Waals surface area contributed by atoms with Crippen LogP contribution in [0.2, 0.25) is 0 Å². The minimum absolute atomic E-state index is 0.164. The molecule has 31 heavy (non-hydrogen) atoms. The van der Waals surface area contributed by atoms with Crippen molar-refractivity contribution in [3.05, 3.63) is 48.4 Å². The predicted octanol–water partition coefficient (Wildman–Crippen LogP) is 3.24. The number of aromatic nitrogens is 6. The molecule has 0 unspecified atom stereocenters. The SMILES string of the molecule is CN[C@@](C)(c1ccnc(Nc2cc3cc(-c4cnnn4C)nc(N)c3cn2)c1)C(C)C. The minimum Gasteiger partial charge on any atom is -0.383 e. The average molecular weight is 418 g/mol. The molecule has 0 saturated carbocycles. The Balaban J connectivity index is 1.70. The molecule has 0 spiro atoms. The van der Waals surface area contributed by atoms with E-state index in [-0.39, 0.29) is 5.54 Å². The number of hydrogen-bond acceptors (Lipinski definition) is 8. The molecular weight excluding hydrogens is 390 g/mol. The van der Waals surface area contributed by atoms with Gasteiger partial charge in [-0.1, -0.05) is 19.1 Å². The highest BCUT2D eigenvalue weighted by Crippen LogP contribution is 2.31. The van der Waals surface area contributed by atoms with Crippen molar-refractivity contribution >= 4 is 28.2 Å². The van der Waals surface area contributed by atoms with Crippen LogP contribution in [-0.2, 0) is 12.6 Å². The maximum Gasteiger partial charge on any atom is 0.133 e. The van der Waals surface area contributed by atoms with Gasteiger partial charge in [0.15, 0.2) is 0 Å². The monoisotopic (exact) mass is 417 g/mol. The highest BCUT2D eigenvalue weighted by atomic mass is 15.4. The van der Waals surface area contributed by atoms with Gasteiger partial charge >= 0.3 is 0 Å². The Labute approximate surface area is 181 Å². The lowest BCUT2D eigenvalue weighted by atomic mass is 9.82. The normalized spacial score (nSPS) is 13.5. The van der Waals surface area contributed by atoms with E-state index in [1.54, 1.807) is 17.1 Å². The molecule has 0 aliphatic rings. The molecule has 0 aliphatic carbocycles. The summed E-state index contributed by atoms with van der Waals surface area (Å²) in [4.78, 5) is 13.5. The summed E-state index contributed by atoms with van der Waals surface area (Å²) in [7, 11) is 3.80. The van der Waals surface area contributed by atoms with Gasteiger partial charge in [0, 0.05) is 30.4 Å². The van der Waals surface area contributed by atoms with Crippen molar-refractivity contribution in [1.29, 1.82) is 0 Å². The molecule has 0 aliphatic heterocycles. The van der Waals surface area contributed by atoms with Gasteiger partial charge in [-0.15, -0.1) is 5.10 Å². The molecule has 9 nitrogen and oxygen atoms in total. The van der Waals surface area contributed by atoms with Gasteiger partial charge in [0.25, 0.3) is 0 Å². The van der Waals surface area contributed by atoms with Gasteiger partial charge < -0.3 is 16.4 Å². The highest BCUT2D eigenvalue weighted by molar-refractivity contribution is 5.94. The summed E-state index contributed by atoms with van der Waals surface area (Å²) in [5.74, 6) is 2.22. The molecule has 160 valence electrons. The van der Waals surface area contributed by atoms with Crippen LogP contribution in [0.25, 0.3) is 22.2 Å². The molecule has 0 fully saturated rings. The Kier molecular flexibility index (Phi) is 5.28. The van der Waals surface area contributed by atoms with E-state index in [1.165, 1.54) is 0 Å². The Morgan fingerprint density at radius 2 is 1.87 bits per heavy atom. The zero-order valence-electron chi connectivity index (χ0n) is 18.4. The van der Waals surface area contributed by atoms with Crippen molar-refractivity contribution in [2.24, 2.45) is 13.0 Å². The lowest BCUT2D eigenvalue weighted by molar-refractivity contribution is 0.286. The van der Waals surface area contributed by atoms with Crippen LogP contribution in [0, 0.1) is 5.92 Å². The molecule has 0 saturated heterocycles. The number of aryl methyl sites for hydroxylation is 1. The van der Waals surface area contributed by atoms with Crippen molar-refractivity contribution in [2.45, 2.75) is 26.3 Å². The van der Waals surface area contributed by atoms with Crippen molar-refractivity contribution in [2.75, 3.05) is 18.1 Å². The number of nitrogen functional groups attached to an aromatic ring is 1. The number of hydrogen-bond donors (Lipinski definition) is 3. The van der Waals surface area contributed by atoms with Crippen LogP contribution in [0.4, 0.5) is 17.5 Å². The van der Waals surface area contributed by atoms with E-state index >= 15 is 0 Å². The Hall–Kier alpha value is -3.59. The van der Waals surface area contributed by atoms with Crippen molar-refractivity contribution in [1.82, 2.24) is 35.3 Å². The predicted molar refractivity (Wildman–Crippen MR) is 123 cm³/mol. The minimum atomic E-state index is -0.164. The van der Waals surface area contributed by atoms with Gasteiger partial charge in [-0.05, 0) is 55.1 Å². The summed E-state index contributed by atoms with van der Waals surface area (Å²) < 4.78 is 1.66. The number of rotatable bonds is 6. The molecule has 1 atom stereocenters. The van der Waals surface area contributed by atoms with Crippen LogP contribution in [0.3, 0.4) is 0 Å². The maximum absolute atomic E-state index is 6.19. The standard InChI is InChI=1S/C22H27N9/c1-13(2)22(3,24-4)15-6-7-25-20(10-15)29-19-9-14-8-17(18-12-27-30-31(18)5)28-21(23)16(14)11-26-19/h6-13,24H,1-5H3,(H2,23,28)(H,25,26,29)/t22-/m1/s1. The van der Waals surface area contributed by atoms with Crippen LogP contribution in [0.1, 0.15) is 26.3 Å². The van der Waals surface area contributed by atoms with Crippen LogP contribution in [0.15, 0.2) is 42.9 Å². The first-order valence-electron chi connectivity index (χ1n) is 10.2. The van der Waals surface area contributed by atoms with E-state index in [4.69, 9.17) is 5.73 Å². The zero-order chi connectivity index (χ0) is 22.2. The molecule has 0 amide bonds. The summed E-state index contributed by atoms with van der Waals surface area (Å²) in [6, 6.07) is 7.98. The quantitative estimate of drug-likeness (QED) is 0.437. The number of nitrogens with zero attached hydrogens (tertiary/aromatic N) is 6. The van der Waals surface area contributed by atoms with Gasteiger partial charge in [-0.25, -0.2) is 19.6 Å². The third-order valence-corrected chi connectivity index (χ3v) is 6.01. The van der Waals surface area contributed by atoms with Gasteiger partial charge in [0.1, 0.15) is 23.1 Å². The summed E-state index contributed by atoms with van der Waals surface area (Å²) in [6.45, 7) is 6.58. The smallest absolute Gasteiger partial charge is 0.133 e. The highest BCUT2D eigenvalue weighted by Gasteiger charge is 2.28. The zero-order valence-corrected chi connectivity index (χ0v) is 18.4. The Bertz CT molecular complexity index is 1230. The van der Waals surface area contributed by atoms with E-state index in [9.17, 15) is 0 Å². The van der Waals surface area contributed by atoms with E-state index in [1.807, 2.05) is 38.5 Å². The first-order chi connectivity index (χ1) is 14.8. The van der Waals surface area contributed by atoms with Gasteiger partial charge in [-0.3, -0.25) is 0 Å². The van der Waals surface area contributed by atoms with E-state index in [2.05, 4.69) is 62.7 Å².